The lowest BCUT2D eigenvalue weighted by molar-refractivity contribution is -0.284. The van der Waals surface area contributed by atoms with E-state index >= 15 is 0 Å². The first kappa shape index (κ1) is 53.8. The van der Waals surface area contributed by atoms with Gasteiger partial charge >= 0.3 is 0 Å². The molecular formula is C40H84N4O8P2. The maximum absolute atomic E-state index is 12.1. The predicted molar refractivity (Wildman–Crippen MR) is 222 cm³/mol. The van der Waals surface area contributed by atoms with Gasteiger partial charge in [-0.3, -0.25) is 18.8 Å². The average Bonchev–Trinajstić information content (AvgIpc) is 3.11. The smallest absolute Gasteiger partial charge is 0.249 e. The summed E-state index contributed by atoms with van der Waals surface area (Å²) < 4.78 is 28.5. The van der Waals surface area contributed by atoms with Crippen LogP contribution in [-0.2, 0) is 18.8 Å². The highest BCUT2D eigenvalue weighted by Gasteiger charge is 2.49. The van der Waals surface area contributed by atoms with Crippen LogP contribution in [0, 0.1) is 10.8 Å². The van der Waals surface area contributed by atoms with Crippen LogP contribution in [0.25, 0.3) is 0 Å². The van der Waals surface area contributed by atoms with Crippen molar-refractivity contribution in [3.63, 3.8) is 0 Å². The molecule has 2 heterocycles. The minimum absolute atomic E-state index is 0.0869. The third-order valence-corrected chi connectivity index (χ3v) is 12.6. The standard InChI is InChI=1S/C28H56N4O4P2.C10H22O4.C2H6/c1-11-35-31-25(3,4)19-23(20-26(31,5)6)29(37-33)17-15-13-14-16-18-30(38-34)24-21-27(7,8)32(36-12-2)28(9,10)22-24;1-9(5-11,6-12)3-4-10(2,7-13)8-14;1-2/h23-24H,11-22H2,1-10H3;11-14H,3-8H2,1-2H3;1-2H3. The Kier molecular flexibility index (Phi) is 24.6. The van der Waals surface area contributed by atoms with Crippen LogP contribution in [0.5, 0.6) is 0 Å². The Balaban J connectivity index is 0.00000147. The van der Waals surface area contributed by atoms with Crippen molar-refractivity contribution in [2.24, 2.45) is 10.8 Å². The predicted octanol–water partition coefficient (Wildman–Crippen LogP) is 8.29. The third kappa shape index (κ3) is 16.6. The maximum Gasteiger partial charge on any atom is 0.249 e. The molecule has 322 valence electrons. The van der Waals surface area contributed by atoms with Gasteiger partial charge in [0.25, 0.3) is 0 Å². The second-order valence-corrected chi connectivity index (χ2v) is 19.8. The van der Waals surface area contributed by atoms with Crippen LogP contribution in [0.3, 0.4) is 0 Å². The number of hydrogen-bond acceptors (Lipinski definition) is 10. The molecule has 2 saturated heterocycles. The van der Waals surface area contributed by atoms with Crippen molar-refractivity contribution in [1.82, 2.24) is 19.5 Å². The van der Waals surface area contributed by atoms with E-state index in [9.17, 15) is 9.13 Å². The van der Waals surface area contributed by atoms with Crippen molar-refractivity contribution in [2.45, 2.75) is 195 Å². The molecule has 0 aliphatic carbocycles. The molecule has 2 aliphatic heterocycles. The van der Waals surface area contributed by atoms with E-state index in [1.165, 1.54) is 0 Å². The number of piperidine rings is 2. The van der Waals surface area contributed by atoms with Gasteiger partial charge in [0.1, 0.15) is 0 Å². The Hall–Kier alpha value is -0.200. The molecule has 0 atom stereocenters. The number of unbranched alkanes of at least 4 members (excludes halogenated alkanes) is 3. The highest BCUT2D eigenvalue weighted by atomic mass is 31.1. The zero-order valence-corrected chi connectivity index (χ0v) is 38.8. The molecular weight excluding hydrogens is 726 g/mol. The summed E-state index contributed by atoms with van der Waals surface area (Å²) in [5.74, 6) is 0. The number of nitrogens with zero attached hydrogens (tertiary/aromatic N) is 4. The second kappa shape index (κ2) is 24.7. The Morgan fingerprint density at radius 3 is 1.04 bits per heavy atom. The average molecular weight is 811 g/mol. The van der Waals surface area contributed by atoms with Crippen LogP contribution in [-0.4, -0.2) is 127 Å². The molecule has 0 amide bonds. The van der Waals surface area contributed by atoms with Gasteiger partial charge < -0.3 is 20.4 Å². The van der Waals surface area contributed by atoms with E-state index in [-0.39, 0.29) is 77.9 Å². The fourth-order valence-electron chi connectivity index (χ4n) is 8.30. The van der Waals surface area contributed by atoms with Crippen LogP contribution in [0.1, 0.15) is 161 Å². The third-order valence-electron chi connectivity index (χ3n) is 11.1. The molecule has 54 heavy (non-hydrogen) atoms. The van der Waals surface area contributed by atoms with Crippen LogP contribution >= 0.6 is 17.2 Å². The Morgan fingerprint density at radius 2 is 0.833 bits per heavy atom. The molecule has 2 fully saturated rings. The highest BCUT2D eigenvalue weighted by Crippen LogP contribution is 2.43. The van der Waals surface area contributed by atoms with E-state index in [0.29, 0.717) is 26.1 Å². The van der Waals surface area contributed by atoms with E-state index < -0.39 is 10.8 Å². The summed E-state index contributed by atoms with van der Waals surface area (Å²) in [6.45, 7) is 32.0. The minimum Gasteiger partial charge on any atom is -0.396 e. The first-order chi connectivity index (χ1) is 25.1. The largest absolute Gasteiger partial charge is 0.396 e. The molecule has 12 nitrogen and oxygen atoms in total. The van der Waals surface area contributed by atoms with Crippen molar-refractivity contribution >= 4 is 17.2 Å². The first-order valence-electron chi connectivity index (χ1n) is 20.6. The Labute approximate surface area is 334 Å². The van der Waals surface area contributed by atoms with Crippen molar-refractivity contribution in [3.8, 4) is 0 Å². The molecule has 0 unspecified atom stereocenters. The molecule has 0 aromatic rings. The van der Waals surface area contributed by atoms with Gasteiger partial charge in [-0.05, 0) is 121 Å². The van der Waals surface area contributed by atoms with Crippen LogP contribution < -0.4 is 0 Å². The molecule has 0 saturated carbocycles. The maximum atomic E-state index is 12.1. The van der Waals surface area contributed by atoms with E-state index in [4.69, 9.17) is 30.1 Å². The Morgan fingerprint density at radius 1 is 0.574 bits per heavy atom. The first-order valence-corrected chi connectivity index (χ1v) is 22.1. The molecule has 0 aromatic carbocycles. The Bertz CT molecular complexity index is 927. The summed E-state index contributed by atoms with van der Waals surface area (Å²) in [5, 5.41) is 40.5. The van der Waals surface area contributed by atoms with Crippen molar-refractivity contribution in [2.75, 3.05) is 52.7 Å². The molecule has 2 aliphatic rings. The number of hydroxylamine groups is 4. The number of rotatable bonds is 22. The summed E-state index contributed by atoms with van der Waals surface area (Å²) in [7, 11) is 0.227. The lowest BCUT2D eigenvalue weighted by Crippen LogP contribution is -2.63. The molecule has 0 bridgehead atoms. The normalized spacial score (nSPS) is 20.9. The van der Waals surface area contributed by atoms with E-state index in [1.807, 2.05) is 27.7 Å². The summed E-state index contributed by atoms with van der Waals surface area (Å²) in [6, 6.07) is 0.528. The van der Waals surface area contributed by atoms with Gasteiger partial charge in [0.05, 0.1) is 39.6 Å². The van der Waals surface area contributed by atoms with Gasteiger partial charge in [0.2, 0.25) is 17.2 Å². The topological polar surface area (TPSA) is 146 Å². The second-order valence-electron chi connectivity index (χ2n) is 18.5. The van der Waals surface area contributed by atoms with Gasteiger partial charge in [-0.2, -0.15) is 10.1 Å². The SMILES string of the molecule is CC.CC(CO)(CO)CCC(C)(CO)CO.CCON1C(C)(C)CC(N(CCCCCCN(P=O)C2CC(C)(C)N(OCC)C(C)(C)C2)P=O)CC1(C)C. The van der Waals surface area contributed by atoms with Crippen molar-refractivity contribution < 1.29 is 39.2 Å². The number of aliphatic hydroxyl groups excluding tert-OH is 4. The lowest BCUT2D eigenvalue weighted by atomic mass is 9.78. The van der Waals surface area contributed by atoms with Gasteiger partial charge in [-0.25, -0.2) is 9.34 Å². The van der Waals surface area contributed by atoms with Crippen LogP contribution in [0.2, 0.25) is 0 Å². The number of aliphatic hydroxyl groups is 4. The van der Waals surface area contributed by atoms with E-state index in [0.717, 1.165) is 64.5 Å². The van der Waals surface area contributed by atoms with Gasteiger partial charge in [0.15, 0.2) is 0 Å². The summed E-state index contributed by atoms with van der Waals surface area (Å²) in [4.78, 5) is 12.0. The van der Waals surface area contributed by atoms with E-state index in [2.05, 4.69) is 74.9 Å². The van der Waals surface area contributed by atoms with Crippen LogP contribution in [0.4, 0.5) is 0 Å². The van der Waals surface area contributed by atoms with Crippen LogP contribution in [0.15, 0.2) is 0 Å². The van der Waals surface area contributed by atoms with Crippen molar-refractivity contribution in [3.05, 3.63) is 0 Å². The fraction of sp³-hybridized carbons (Fsp3) is 1.00. The zero-order chi connectivity index (χ0) is 42.0. The quantitative estimate of drug-likeness (QED) is 0.0617. The van der Waals surface area contributed by atoms with Gasteiger partial charge in [0, 0.05) is 58.2 Å². The molecule has 2 rings (SSSR count). The zero-order valence-electron chi connectivity index (χ0n) is 37.0. The highest BCUT2D eigenvalue weighted by molar-refractivity contribution is 7.20. The monoisotopic (exact) mass is 811 g/mol. The molecule has 0 aromatic heterocycles. The molecule has 4 N–H and O–H groups in total. The van der Waals surface area contributed by atoms with E-state index in [1.54, 1.807) is 13.8 Å². The number of hydrogen-bond donors (Lipinski definition) is 4. The van der Waals surface area contributed by atoms with Gasteiger partial charge in [-0.15, -0.1) is 0 Å². The summed E-state index contributed by atoms with van der Waals surface area (Å²) in [5.41, 5.74) is -1.51. The minimum atomic E-state index is -0.522. The fourth-order valence-corrected chi connectivity index (χ4v) is 9.34. The molecule has 14 heteroatoms. The summed E-state index contributed by atoms with van der Waals surface area (Å²) in [6.07, 6.45) is 9.08. The lowest BCUT2D eigenvalue weighted by Gasteiger charge is -2.54. The van der Waals surface area contributed by atoms with Crippen molar-refractivity contribution in [1.29, 1.82) is 0 Å². The molecule has 0 spiro atoms. The van der Waals surface area contributed by atoms with Gasteiger partial charge in [-0.1, -0.05) is 40.5 Å². The summed E-state index contributed by atoms with van der Waals surface area (Å²) >= 11 is 0. The molecule has 0 radical (unpaired) electrons.